The molecule has 0 fully saturated rings. The molecule has 0 aliphatic carbocycles. The van der Waals surface area contributed by atoms with Crippen molar-refractivity contribution in [2.24, 2.45) is 0 Å². The number of aliphatic hydroxyl groups is 1. The predicted molar refractivity (Wildman–Crippen MR) is 91.5 cm³/mol. The van der Waals surface area contributed by atoms with Gasteiger partial charge >= 0.3 is 0 Å². The van der Waals surface area contributed by atoms with Crippen LogP contribution >= 0.6 is 0 Å². The highest BCUT2D eigenvalue weighted by Crippen LogP contribution is 2.01. The maximum Gasteiger partial charge on any atom is 0.0558 e. The van der Waals surface area contributed by atoms with E-state index in [0.717, 1.165) is 32.7 Å². The molecule has 0 aliphatic rings. The molecule has 0 saturated heterocycles. The number of unbranched alkanes of at least 4 members (excludes halogenated alkanes) is 3. The van der Waals surface area contributed by atoms with Crippen molar-refractivity contribution in [3.05, 3.63) is 0 Å². The standard InChI is InChI=1S/C12H27NO2.C3H8.C2H6/c1-3-4-8-13(10-11-14)9-6-5-7-12-15-2;1-3-2;1-2/h14H,3-12H2,1-2H3;3H2,1-2H3;1-2H3. The highest BCUT2D eigenvalue weighted by atomic mass is 16.5. The molecular weight excluding hydrogens is 250 g/mol. The first kappa shape index (κ1) is 24.9. The molecule has 0 radical (unpaired) electrons. The van der Waals surface area contributed by atoms with E-state index in [-0.39, 0.29) is 6.61 Å². The van der Waals surface area contributed by atoms with Gasteiger partial charge in [0.25, 0.3) is 0 Å². The van der Waals surface area contributed by atoms with Crippen molar-refractivity contribution < 1.29 is 9.84 Å². The molecular formula is C17H41NO2. The Labute approximate surface area is 128 Å². The molecule has 3 heteroatoms. The third kappa shape index (κ3) is 26.4. The van der Waals surface area contributed by atoms with Gasteiger partial charge in [-0.15, -0.1) is 0 Å². The van der Waals surface area contributed by atoms with E-state index in [2.05, 4.69) is 25.7 Å². The maximum atomic E-state index is 8.92. The summed E-state index contributed by atoms with van der Waals surface area (Å²) < 4.78 is 5.01. The fourth-order valence-corrected chi connectivity index (χ4v) is 1.62. The number of hydrogen-bond acceptors (Lipinski definition) is 3. The minimum absolute atomic E-state index is 0.280. The van der Waals surface area contributed by atoms with Crippen molar-refractivity contribution in [1.82, 2.24) is 4.90 Å². The Bertz CT molecular complexity index is 132. The van der Waals surface area contributed by atoms with E-state index >= 15 is 0 Å². The number of hydrogen-bond donors (Lipinski definition) is 1. The second-order valence-corrected chi connectivity index (χ2v) is 4.68. The van der Waals surface area contributed by atoms with Crippen LogP contribution in [0.3, 0.4) is 0 Å². The molecule has 0 unspecified atom stereocenters. The summed E-state index contributed by atoms with van der Waals surface area (Å²) in [5, 5.41) is 8.92. The lowest BCUT2D eigenvalue weighted by molar-refractivity contribution is 0.178. The smallest absolute Gasteiger partial charge is 0.0558 e. The van der Waals surface area contributed by atoms with Crippen molar-refractivity contribution in [1.29, 1.82) is 0 Å². The summed E-state index contributed by atoms with van der Waals surface area (Å²) in [5.41, 5.74) is 0. The average molecular weight is 292 g/mol. The zero-order valence-corrected chi connectivity index (χ0v) is 15.1. The normalized spacial score (nSPS) is 9.60. The van der Waals surface area contributed by atoms with Gasteiger partial charge in [0.05, 0.1) is 6.61 Å². The third-order valence-corrected chi connectivity index (χ3v) is 2.57. The van der Waals surface area contributed by atoms with Crippen LogP contribution in [0.4, 0.5) is 0 Å². The van der Waals surface area contributed by atoms with Gasteiger partial charge < -0.3 is 14.7 Å². The first-order valence-corrected chi connectivity index (χ1v) is 8.58. The average Bonchev–Trinajstić information content (AvgIpc) is 2.47. The molecule has 0 amide bonds. The van der Waals surface area contributed by atoms with Gasteiger partial charge in [0, 0.05) is 20.3 Å². The van der Waals surface area contributed by atoms with E-state index in [1.165, 1.54) is 32.1 Å². The van der Waals surface area contributed by atoms with Gasteiger partial charge in [0.1, 0.15) is 0 Å². The van der Waals surface area contributed by atoms with Crippen LogP contribution < -0.4 is 0 Å². The van der Waals surface area contributed by atoms with E-state index < -0.39 is 0 Å². The zero-order chi connectivity index (χ0) is 16.1. The molecule has 0 atom stereocenters. The van der Waals surface area contributed by atoms with E-state index in [1.807, 2.05) is 13.8 Å². The maximum absolute atomic E-state index is 8.92. The monoisotopic (exact) mass is 291 g/mol. The van der Waals surface area contributed by atoms with Gasteiger partial charge in [-0.2, -0.15) is 0 Å². The van der Waals surface area contributed by atoms with E-state index in [9.17, 15) is 0 Å². The molecule has 0 aromatic heterocycles. The fraction of sp³-hybridized carbons (Fsp3) is 1.00. The van der Waals surface area contributed by atoms with Crippen LogP contribution in [0.2, 0.25) is 0 Å². The Balaban J connectivity index is -0.000000505. The summed E-state index contributed by atoms with van der Waals surface area (Å²) in [6, 6.07) is 0. The Hall–Kier alpha value is -0.120. The Kier molecular flexibility index (Phi) is 33.9. The first-order valence-electron chi connectivity index (χ1n) is 8.58. The summed E-state index contributed by atoms with van der Waals surface area (Å²) in [6.07, 6.45) is 7.30. The summed E-state index contributed by atoms with van der Waals surface area (Å²) in [5.74, 6) is 0. The molecule has 0 aromatic rings. The van der Waals surface area contributed by atoms with Gasteiger partial charge in [0.2, 0.25) is 0 Å². The Morgan fingerprint density at radius 2 is 1.40 bits per heavy atom. The molecule has 0 aromatic carbocycles. The van der Waals surface area contributed by atoms with Crippen molar-refractivity contribution in [3.8, 4) is 0 Å². The molecule has 0 aliphatic heterocycles. The molecule has 0 heterocycles. The van der Waals surface area contributed by atoms with Crippen LogP contribution in [0.1, 0.15) is 73.1 Å². The molecule has 126 valence electrons. The van der Waals surface area contributed by atoms with Gasteiger partial charge in [0.15, 0.2) is 0 Å². The van der Waals surface area contributed by atoms with Gasteiger partial charge in [-0.3, -0.25) is 0 Å². The van der Waals surface area contributed by atoms with Crippen LogP contribution in [0.15, 0.2) is 0 Å². The number of methoxy groups -OCH3 is 1. The quantitative estimate of drug-likeness (QED) is 0.575. The molecule has 1 N–H and O–H groups in total. The van der Waals surface area contributed by atoms with Crippen molar-refractivity contribution in [2.75, 3.05) is 40.0 Å². The minimum Gasteiger partial charge on any atom is -0.395 e. The largest absolute Gasteiger partial charge is 0.395 e. The van der Waals surface area contributed by atoms with Gasteiger partial charge in [-0.1, -0.05) is 47.5 Å². The van der Waals surface area contributed by atoms with E-state index in [0.29, 0.717) is 0 Å². The third-order valence-electron chi connectivity index (χ3n) is 2.57. The molecule has 0 rings (SSSR count). The number of nitrogens with zero attached hydrogens (tertiary/aromatic N) is 1. The zero-order valence-electron chi connectivity index (χ0n) is 15.1. The summed E-state index contributed by atoms with van der Waals surface area (Å²) >= 11 is 0. The molecule has 0 saturated carbocycles. The van der Waals surface area contributed by atoms with Crippen LogP contribution in [-0.4, -0.2) is 50.0 Å². The molecule has 0 bridgehead atoms. The Morgan fingerprint density at radius 1 is 0.850 bits per heavy atom. The molecule has 20 heavy (non-hydrogen) atoms. The highest BCUT2D eigenvalue weighted by molar-refractivity contribution is 4.57. The summed E-state index contributed by atoms with van der Waals surface area (Å²) in [7, 11) is 1.75. The first-order chi connectivity index (χ1) is 9.76. The van der Waals surface area contributed by atoms with Gasteiger partial charge in [-0.05, 0) is 38.8 Å². The lowest BCUT2D eigenvalue weighted by Crippen LogP contribution is -2.29. The van der Waals surface area contributed by atoms with Crippen molar-refractivity contribution in [3.63, 3.8) is 0 Å². The summed E-state index contributed by atoms with van der Waals surface area (Å²) in [6.45, 7) is 14.7. The van der Waals surface area contributed by atoms with Crippen LogP contribution in [0, 0.1) is 0 Å². The lowest BCUT2D eigenvalue weighted by atomic mass is 10.2. The van der Waals surface area contributed by atoms with Crippen LogP contribution in [-0.2, 0) is 4.74 Å². The second-order valence-electron chi connectivity index (χ2n) is 4.68. The van der Waals surface area contributed by atoms with Crippen LogP contribution in [0.25, 0.3) is 0 Å². The molecule has 0 spiro atoms. The van der Waals surface area contributed by atoms with E-state index in [1.54, 1.807) is 7.11 Å². The van der Waals surface area contributed by atoms with E-state index in [4.69, 9.17) is 9.84 Å². The number of ether oxygens (including phenoxy) is 1. The number of rotatable bonds is 11. The van der Waals surface area contributed by atoms with Crippen LogP contribution in [0.5, 0.6) is 0 Å². The Morgan fingerprint density at radius 3 is 1.85 bits per heavy atom. The van der Waals surface area contributed by atoms with Crippen molar-refractivity contribution >= 4 is 0 Å². The molecule has 3 nitrogen and oxygen atoms in total. The summed E-state index contributed by atoms with van der Waals surface area (Å²) in [4.78, 5) is 2.36. The topological polar surface area (TPSA) is 32.7 Å². The highest BCUT2D eigenvalue weighted by Gasteiger charge is 2.02. The predicted octanol–water partition coefficient (Wildman–Crippen LogP) is 4.34. The lowest BCUT2D eigenvalue weighted by Gasteiger charge is -2.20. The van der Waals surface area contributed by atoms with Crippen molar-refractivity contribution in [2.45, 2.75) is 73.1 Å². The minimum atomic E-state index is 0.280. The number of aliphatic hydroxyl groups excluding tert-OH is 1. The SMILES string of the molecule is CC.CCC.CCCCN(CCO)CCCCCOC. The fourth-order valence-electron chi connectivity index (χ4n) is 1.62. The second kappa shape index (κ2) is 27.3. The van der Waals surface area contributed by atoms with Gasteiger partial charge in [-0.25, -0.2) is 0 Å².